The zero-order chi connectivity index (χ0) is 17.9. The highest BCUT2D eigenvalue weighted by Crippen LogP contribution is 2.19. The number of hydrogen-bond acceptors (Lipinski definition) is 3. The Hall–Kier alpha value is -1.39. The number of carbonyl (C=O) groups is 1. The Bertz CT molecular complexity index is 459. The van der Waals surface area contributed by atoms with E-state index in [0.717, 1.165) is 32.6 Å². The van der Waals surface area contributed by atoms with E-state index in [1.165, 1.54) is 5.56 Å². The largest absolute Gasteiger partial charge is 0.344 e. The number of carbonyl (C=O) groups excluding carboxylic acids is 1. The summed E-state index contributed by atoms with van der Waals surface area (Å²) in [5.74, 6) is 0.624. The average Bonchev–Trinajstić information content (AvgIpc) is 2.55. The lowest BCUT2D eigenvalue weighted by Crippen LogP contribution is -2.41. The molecule has 1 rings (SSSR count). The van der Waals surface area contributed by atoms with Crippen LogP contribution < -0.4 is 10.6 Å². The summed E-state index contributed by atoms with van der Waals surface area (Å²) in [6.45, 7) is 12.0. The molecule has 1 amide bonds. The van der Waals surface area contributed by atoms with Crippen LogP contribution in [0.4, 0.5) is 0 Å². The van der Waals surface area contributed by atoms with E-state index in [0.29, 0.717) is 12.0 Å². The zero-order valence-corrected chi connectivity index (χ0v) is 16.0. The van der Waals surface area contributed by atoms with Crippen molar-refractivity contribution in [3.8, 4) is 0 Å². The monoisotopic (exact) mass is 333 g/mol. The lowest BCUT2D eigenvalue weighted by molar-refractivity contribution is -0.135. The van der Waals surface area contributed by atoms with Crippen LogP contribution in [0.15, 0.2) is 30.3 Å². The molecular formula is C20H35N3O. The van der Waals surface area contributed by atoms with E-state index in [1.54, 1.807) is 0 Å². The van der Waals surface area contributed by atoms with Gasteiger partial charge in [-0.05, 0) is 17.9 Å². The van der Waals surface area contributed by atoms with Crippen LogP contribution in [0.5, 0.6) is 0 Å². The first-order chi connectivity index (χ1) is 11.4. The molecule has 0 saturated heterocycles. The van der Waals surface area contributed by atoms with Gasteiger partial charge in [-0.25, -0.2) is 0 Å². The number of rotatable bonds is 11. The van der Waals surface area contributed by atoms with Crippen molar-refractivity contribution in [2.75, 3.05) is 33.2 Å². The molecule has 0 fully saturated rings. The van der Waals surface area contributed by atoms with E-state index in [4.69, 9.17) is 0 Å². The van der Waals surface area contributed by atoms with Crippen molar-refractivity contribution in [1.82, 2.24) is 15.5 Å². The fourth-order valence-corrected chi connectivity index (χ4v) is 2.69. The summed E-state index contributed by atoms with van der Waals surface area (Å²) in [6.07, 6.45) is 0.813. The summed E-state index contributed by atoms with van der Waals surface area (Å²) < 4.78 is 0. The Labute approximate surface area is 148 Å². The van der Waals surface area contributed by atoms with Gasteiger partial charge in [-0.2, -0.15) is 0 Å². The number of hydrogen-bond donors (Lipinski definition) is 2. The van der Waals surface area contributed by atoms with Gasteiger partial charge in [0.2, 0.25) is 5.91 Å². The number of nitrogens with zero attached hydrogens (tertiary/aromatic N) is 1. The van der Waals surface area contributed by atoms with Gasteiger partial charge in [0.15, 0.2) is 0 Å². The first-order valence-electron chi connectivity index (χ1n) is 9.14. The Morgan fingerprint density at radius 2 is 1.71 bits per heavy atom. The Morgan fingerprint density at radius 1 is 1.04 bits per heavy atom. The van der Waals surface area contributed by atoms with Crippen LogP contribution in [0.1, 0.15) is 33.3 Å². The van der Waals surface area contributed by atoms with Crippen LogP contribution in [0.3, 0.4) is 0 Å². The summed E-state index contributed by atoms with van der Waals surface area (Å²) in [6, 6.07) is 10.8. The van der Waals surface area contributed by atoms with E-state index in [9.17, 15) is 4.79 Å². The fourth-order valence-electron chi connectivity index (χ4n) is 2.69. The predicted molar refractivity (Wildman–Crippen MR) is 102 cm³/mol. The first-order valence-corrected chi connectivity index (χ1v) is 9.14. The van der Waals surface area contributed by atoms with Crippen molar-refractivity contribution >= 4 is 5.91 Å². The molecule has 0 aromatic heterocycles. The summed E-state index contributed by atoms with van der Waals surface area (Å²) >= 11 is 0. The smallest absolute Gasteiger partial charge is 0.226 e. The summed E-state index contributed by atoms with van der Waals surface area (Å²) in [5.41, 5.74) is 1.23. The Morgan fingerprint density at radius 3 is 2.29 bits per heavy atom. The van der Waals surface area contributed by atoms with Crippen LogP contribution >= 0.6 is 0 Å². The van der Waals surface area contributed by atoms with E-state index in [2.05, 4.69) is 50.5 Å². The normalized spacial score (nSPS) is 12.6. The SMILES string of the molecule is CC(C)NCCNCCN(C)C(=O)[C@@H](Cc1ccccc1)C(C)C. The van der Waals surface area contributed by atoms with Crippen LogP contribution in [-0.2, 0) is 11.2 Å². The van der Waals surface area contributed by atoms with E-state index in [1.807, 2.05) is 30.1 Å². The van der Waals surface area contributed by atoms with Gasteiger partial charge in [0, 0.05) is 45.2 Å². The van der Waals surface area contributed by atoms with Crippen molar-refractivity contribution in [2.24, 2.45) is 11.8 Å². The topological polar surface area (TPSA) is 44.4 Å². The van der Waals surface area contributed by atoms with Crippen LogP contribution in [0, 0.1) is 11.8 Å². The van der Waals surface area contributed by atoms with E-state index in [-0.39, 0.29) is 11.8 Å². The molecule has 24 heavy (non-hydrogen) atoms. The molecule has 0 spiro atoms. The van der Waals surface area contributed by atoms with Gasteiger partial charge in [0.25, 0.3) is 0 Å². The number of likely N-dealkylation sites (N-methyl/N-ethyl adjacent to an activating group) is 1. The molecule has 1 aromatic rings. The maximum Gasteiger partial charge on any atom is 0.226 e. The van der Waals surface area contributed by atoms with Gasteiger partial charge in [-0.3, -0.25) is 4.79 Å². The molecule has 0 aliphatic rings. The Kier molecular flexibility index (Phi) is 9.65. The Balaban J connectivity index is 2.40. The minimum absolute atomic E-state index is 0.0417. The zero-order valence-electron chi connectivity index (χ0n) is 16.0. The molecule has 2 N–H and O–H groups in total. The van der Waals surface area contributed by atoms with Gasteiger partial charge in [-0.15, -0.1) is 0 Å². The average molecular weight is 334 g/mol. The van der Waals surface area contributed by atoms with E-state index >= 15 is 0 Å². The van der Waals surface area contributed by atoms with Gasteiger partial charge in [0.05, 0.1) is 0 Å². The molecule has 0 unspecified atom stereocenters. The highest BCUT2D eigenvalue weighted by Gasteiger charge is 2.25. The third kappa shape index (κ3) is 7.93. The quantitative estimate of drug-likeness (QED) is 0.612. The molecule has 0 saturated carbocycles. The van der Waals surface area contributed by atoms with Crippen LogP contribution in [0.25, 0.3) is 0 Å². The van der Waals surface area contributed by atoms with Gasteiger partial charge in [0.1, 0.15) is 0 Å². The van der Waals surface area contributed by atoms with Crippen LogP contribution in [0.2, 0.25) is 0 Å². The van der Waals surface area contributed by atoms with Crippen molar-refractivity contribution in [3.05, 3.63) is 35.9 Å². The molecule has 0 heterocycles. The molecule has 4 nitrogen and oxygen atoms in total. The second kappa shape index (κ2) is 11.2. The summed E-state index contributed by atoms with van der Waals surface area (Å²) in [4.78, 5) is 14.7. The number of benzene rings is 1. The maximum atomic E-state index is 12.8. The lowest BCUT2D eigenvalue weighted by atomic mass is 9.88. The number of amides is 1. The number of nitrogens with one attached hydrogen (secondary N) is 2. The fraction of sp³-hybridized carbons (Fsp3) is 0.650. The highest BCUT2D eigenvalue weighted by molar-refractivity contribution is 5.79. The standard InChI is InChI=1S/C20H35N3O/c1-16(2)19(15-18-9-7-6-8-10-18)20(24)23(5)14-13-21-11-12-22-17(3)4/h6-10,16-17,19,21-22H,11-15H2,1-5H3/t19-/m0/s1. The van der Waals surface area contributed by atoms with Crippen molar-refractivity contribution in [2.45, 2.75) is 40.2 Å². The second-order valence-corrected chi connectivity index (χ2v) is 7.16. The van der Waals surface area contributed by atoms with Crippen molar-refractivity contribution in [1.29, 1.82) is 0 Å². The van der Waals surface area contributed by atoms with Gasteiger partial charge in [-0.1, -0.05) is 58.0 Å². The molecule has 136 valence electrons. The predicted octanol–water partition coefficient (Wildman–Crippen LogP) is 2.55. The summed E-state index contributed by atoms with van der Waals surface area (Å²) in [5, 5.41) is 6.76. The molecule has 0 aliphatic carbocycles. The van der Waals surface area contributed by atoms with Crippen LogP contribution in [-0.4, -0.2) is 50.1 Å². The lowest BCUT2D eigenvalue weighted by Gasteiger charge is -2.26. The van der Waals surface area contributed by atoms with Gasteiger partial charge < -0.3 is 15.5 Å². The summed E-state index contributed by atoms with van der Waals surface area (Å²) in [7, 11) is 1.91. The molecule has 0 radical (unpaired) electrons. The minimum Gasteiger partial charge on any atom is -0.344 e. The maximum absolute atomic E-state index is 12.8. The molecule has 0 bridgehead atoms. The molecule has 4 heteroatoms. The van der Waals surface area contributed by atoms with E-state index < -0.39 is 0 Å². The third-order valence-electron chi connectivity index (χ3n) is 4.27. The second-order valence-electron chi connectivity index (χ2n) is 7.16. The molecule has 1 atom stereocenters. The van der Waals surface area contributed by atoms with Crippen molar-refractivity contribution < 1.29 is 4.79 Å². The molecule has 0 aliphatic heterocycles. The molecule has 1 aromatic carbocycles. The highest BCUT2D eigenvalue weighted by atomic mass is 16.2. The first kappa shape index (κ1) is 20.7. The molecular weight excluding hydrogens is 298 g/mol. The minimum atomic E-state index is 0.0417. The third-order valence-corrected chi connectivity index (χ3v) is 4.27. The van der Waals surface area contributed by atoms with Gasteiger partial charge >= 0.3 is 0 Å². The van der Waals surface area contributed by atoms with Crippen molar-refractivity contribution in [3.63, 3.8) is 0 Å².